The number of carbonyl (C=O) groups excluding carboxylic acids is 1. The number of hydrogen-bond acceptors (Lipinski definition) is 4. The molecule has 3 heterocycles. The van der Waals surface area contributed by atoms with E-state index >= 15 is 0 Å². The molecule has 6 nitrogen and oxygen atoms in total. The van der Waals surface area contributed by atoms with E-state index in [0.29, 0.717) is 18.9 Å². The zero-order valence-corrected chi connectivity index (χ0v) is 16.6. The summed E-state index contributed by atoms with van der Waals surface area (Å²) in [6.45, 7) is 1.06. The monoisotopic (exact) mass is 428 g/mol. The summed E-state index contributed by atoms with van der Waals surface area (Å²) >= 11 is 0. The summed E-state index contributed by atoms with van der Waals surface area (Å²) in [5.41, 5.74) is 0.821. The average molecular weight is 428 g/mol. The molecule has 0 spiro atoms. The van der Waals surface area contributed by atoms with Gasteiger partial charge < -0.3 is 14.2 Å². The van der Waals surface area contributed by atoms with E-state index in [1.807, 2.05) is 29.8 Å². The summed E-state index contributed by atoms with van der Waals surface area (Å²) in [6.07, 6.45) is -2.88. The van der Waals surface area contributed by atoms with Gasteiger partial charge >= 0.3 is 6.18 Å². The molecule has 2 aromatic carbocycles. The first-order valence-electron chi connectivity index (χ1n) is 9.87. The van der Waals surface area contributed by atoms with Gasteiger partial charge in [-0.1, -0.05) is 18.2 Å². The maximum Gasteiger partial charge on any atom is 0.416 e. The van der Waals surface area contributed by atoms with Crippen molar-refractivity contribution in [3.8, 4) is 0 Å². The number of aromatic nitrogens is 3. The maximum absolute atomic E-state index is 13.4. The third-order valence-corrected chi connectivity index (χ3v) is 5.97. The van der Waals surface area contributed by atoms with Crippen LogP contribution in [0.1, 0.15) is 38.8 Å². The lowest BCUT2D eigenvalue weighted by Gasteiger charge is -2.33. The fraction of sp³-hybridized carbons (Fsp3) is 0.318. The van der Waals surface area contributed by atoms with Gasteiger partial charge in [-0.15, -0.1) is 10.2 Å². The first-order valence-corrected chi connectivity index (χ1v) is 9.87. The lowest BCUT2D eigenvalue weighted by atomic mass is 9.83. The van der Waals surface area contributed by atoms with Gasteiger partial charge in [0.1, 0.15) is 12.2 Å². The minimum atomic E-state index is -4.51. The van der Waals surface area contributed by atoms with Crippen molar-refractivity contribution in [3.63, 3.8) is 0 Å². The number of halogens is 3. The van der Waals surface area contributed by atoms with Crippen molar-refractivity contribution in [2.75, 3.05) is 18.1 Å². The number of ether oxygens (including phenoxy) is 1. The molecule has 2 aliphatic rings. The standard InChI is InChI=1S/C22H19F3N4O2/c1-28-12-26-27-20(28)19(14-10-31-11-14)13-4-2-5-15(8-13)29-9-17-16(21(29)30)6-3-7-18(17)22(23,24)25/h2-8,12,14,19H,9-11H2,1H3. The van der Waals surface area contributed by atoms with Gasteiger partial charge in [-0.3, -0.25) is 4.79 Å². The van der Waals surface area contributed by atoms with Crippen LogP contribution in [0.4, 0.5) is 18.9 Å². The zero-order valence-electron chi connectivity index (χ0n) is 16.6. The summed E-state index contributed by atoms with van der Waals surface area (Å²) in [4.78, 5) is 14.4. The molecular formula is C22H19F3N4O2. The lowest BCUT2D eigenvalue weighted by Crippen LogP contribution is -2.35. The van der Waals surface area contributed by atoms with Crippen LogP contribution in [0.25, 0.3) is 0 Å². The van der Waals surface area contributed by atoms with Crippen LogP contribution in [0.15, 0.2) is 48.8 Å². The van der Waals surface area contributed by atoms with Gasteiger partial charge in [-0.2, -0.15) is 13.2 Å². The number of hydrogen-bond donors (Lipinski definition) is 0. The third-order valence-electron chi connectivity index (χ3n) is 5.97. The molecule has 160 valence electrons. The molecule has 0 saturated carbocycles. The van der Waals surface area contributed by atoms with Crippen molar-refractivity contribution in [2.24, 2.45) is 13.0 Å². The van der Waals surface area contributed by atoms with Crippen molar-refractivity contribution in [1.82, 2.24) is 14.8 Å². The molecule has 0 radical (unpaired) electrons. The number of aryl methyl sites for hydroxylation is 1. The lowest BCUT2D eigenvalue weighted by molar-refractivity contribution is -0.138. The number of nitrogens with zero attached hydrogens (tertiary/aromatic N) is 4. The molecule has 1 aromatic heterocycles. The Bertz CT molecular complexity index is 1150. The van der Waals surface area contributed by atoms with Crippen LogP contribution in [0.2, 0.25) is 0 Å². The SMILES string of the molecule is Cn1cnnc1C(c1cccc(N2Cc3c(cccc3C(F)(F)F)C2=O)c1)C1COC1. The predicted molar refractivity (Wildman–Crippen MR) is 106 cm³/mol. The fourth-order valence-electron chi connectivity index (χ4n) is 4.35. The van der Waals surface area contributed by atoms with Gasteiger partial charge in [0.05, 0.1) is 31.2 Å². The number of benzene rings is 2. The van der Waals surface area contributed by atoms with Crippen LogP contribution in [0, 0.1) is 5.92 Å². The molecule has 2 aliphatic heterocycles. The Morgan fingerprint density at radius 2 is 1.94 bits per heavy atom. The summed E-state index contributed by atoms with van der Waals surface area (Å²) < 4.78 is 47.6. The van der Waals surface area contributed by atoms with Crippen molar-refractivity contribution < 1.29 is 22.7 Å². The Hall–Kier alpha value is -3.20. The van der Waals surface area contributed by atoms with E-state index in [1.54, 1.807) is 12.4 Å². The van der Waals surface area contributed by atoms with Crippen LogP contribution in [-0.2, 0) is 24.5 Å². The predicted octanol–water partition coefficient (Wildman–Crippen LogP) is 3.77. The zero-order chi connectivity index (χ0) is 21.8. The van der Waals surface area contributed by atoms with Crippen molar-refractivity contribution in [3.05, 3.63) is 76.9 Å². The Morgan fingerprint density at radius 1 is 1.16 bits per heavy atom. The molecule has 9 heteroatoms. The molecule has 31 heavy (non-hydrogen) atoms. The Balaban J connectivity index is 1.52. The maximum atomic E-state index is 13.4. The molecule has 0 aliphatic carbocycles. The van der Waals surface area contributed by atoms with Crippen LogP contribution in [0.5, 0.6) is 0 Å². The van der Waals surface area contributed by atoms with Crippen LogP contribution in [-0.4, -0.2) is 33.9 Å². The van der Waals surface area contributed by atoms with E-state index in [2.05, 4.69) is 10.2 Å². The second-order valence-corrected chi connectivity index (χ2v) is 7.89. The van der Waals surface area contributed by atoms with Crippen molar-refractivity contribution >= 4 is 11.6 Å². The van der Waals surface area contributed by atoms with Crippen molar-refractivity contribution in [2.45, 2.75) is 18.6 Å². The highest BCUT2D eigenvalue weighted by molar-refractivity contribution is 6.10. The van der Waals surface area contributed by atoms with E-state index < -0.39 is 17.6 Å². The smallest absolute Gasteiger partial charge is 0.381 e. The second kappa shape index (κ2) is 7.19. The molecule has 1 saturated heterocycles. The fourth-order valence-corrected chi connectivity index (χ4v) is 4.35. The van der Waals surface area contributed by atoms with Gasteiger partial charge in [0, 0.05) is 24.2 Å². The number of amides is 1. The number of alkyl halides is 3. The number of rotatable bonds is 4. The number of anilines is 1. The van der Waals surface area contributed by atoms with Crippen molar-refractivity contribution in [1.29, 1.82) is 0 Å². The second-order valence-electron chi connectivity index (χ2n) is 7.89. The van der Waals surface area contributed by atoms with E-state index in [9.17, 15) is 18.0 Å². The quantitative estimate of drug-likeness (QED) is 0.635. The Labute approximate surface area is 176 Å². The van der Waals surface area contributed by atoms with Crippen LogP contribution < -0.4 is 4.90 Å². The van der Waals surface area contributed by atoms with E-state index in [4.69, 9.17) is 4.74 Å². The Kier molecular flexibility index (Phi) is 4.58. The van der Waals surface area contributed by atoms with Gasteiger partial charge in [0.15, 0.2) is 0 Å². The number of fused-ring (bicyclic) bond motifs is 1. The third kappa shape index (κ3) is 3.29. The highest BCUT2D eigenvalue weighted by Gasteiger charge is 2.40. The number of carbonyl (C=O) groups is 1. The molecule has 1 atom stereocenters. The Morgan fingerprint density at radius 3 is 2.58 bits per heavy atom. The van der Waals surface area contributed by atoms with Gasteiger partial charge in [0.25, 0.3) is 5.91 Å². The summed E-state index contributed by atoms with van der Waals surface area (Å²) in [5, 5.41) is 8.24. The van der Waals surface area contributed by atoms with E-state index in [0.717, 1.165) is 17.5 Å². The van der Waals surface area contributed by atoms with Gasteiger partial charge in [0.2, 0.25) is 0 Å². The molecule has 3 aromatic rings. The summed E-state index contributed by atoms with van der Waals surface area (Å²) in [6, 6.07) is 11.1. The average Bonchev–Trinajstić information content (AvgIpc) is 3.27. The molecular weight excluding hydrogens is 409 g/mol. The molecule has 1 amide bonds. The molecule has 0 bridgehead atoms. The topological polar surface area (TPSA) is 60.2 Å². The molecule has 0 N–H and O–H groups in total. The first kappa shape index (κ1) is 19.7. The van der Waals surface area contributed by atoms with Gasteiger partial charge in [-0.25, -0.2) is 0 Å². The summed E-state index contributed by atoms with van der Waals surface area (Å²) in [7, 11) is 1.87. The molecule has 5 rings (SSSR count). The normalized spacial score (nSPS) is 17.5. The minimum Gasteiger partial charge on any atom is -0.381 e. The van der Waals surface area contributed by atoms with E-state index in [-0.39, 0.29) is 29.5 Å². The van der Waals surface area contributed by atoms with Gasteiger partial charge in [-0.05, 0) is 35.4 Å². The van der Waals surface area contributed by atoms with Crippen LogP contribution >= 0.6 is 0 Å². The first-order chi connectivity index (χ1) is 14.8. The highest BCUT2D eigenvalue weighted by Crippen LogP contribution is 2.40. The minimum absolute atomic E-state index is 0.0163. The van der Waals surface area contributed by atoms with E-state index in [1.165, 1.54) is 17.0 Å². The van der Waals surface area contributed by atoms with Crippen LogP contribution in [0.3, 0.4) is 0 Å². The summed E-state index contributed by atoms with van der Waals surface area (Å²) in [5.74, 6) is 0.467. The molecule has 1 unspecified atom stereocenters. The highest BCUT2D eigenvalue weighted by atomic mass is 19.4. The largest absolute Gasteiger partial charge is 0.416 e. The molecule has 1 fully saturated rings.